The highest BCUT2D eigenvalue weighted by Crippen LogP contribution is 2.37. The zero-order chi connectivity index (χ0) is 25.3. The molecule has 180 valence electrons. The standard InChI is InChI=1S/C25H24Cl2N6O2/c1-25(2)4-5-33(25)24-14(9-28)6-15(10-32-24)23(30)16-7-22(21(34-3)8-20(16)29)35-13-17-18(26)11-31-12-19(17)27/h6-8,10-12,30H,4-5,13,29H2,1-3H3. The molecular weight excluding hydrogens is 487 g/mol. The van der Waals surface area contributed by atoms with Gasteiger partial charge in [-0.2, -0.15) is 5.26 Å². The topological polar surface area (TPSA) is 121 Å². The number of nitrogens with one attached hydrogen (secondary N) is 1. The van der Waals surface area contributed by atoms with Gasteiger partial charge in [-0.25, -0.2) is 4.98 Å². The van der Waals surface area contributed by atoms with Crippen molar-refractivity contribution in [2.75, 3.05) is 24.3 Å². The summed E-state index contributed by atoms with van der Waals surface area (Å²) in [5.41, 5.74) is 8.49. The van der Waals surface area contributed by atoms with E-state index in [0.717, 1.165) is 13.0 Å². The number of methoxy groups -OCH3 is 1. The van der Waals surface area contributed by atoms with Crippen molar-refractivity contribution in [1.29, 1.82) is 10.7 Å². The number of rotatable bonds is 7. The van der Waals surface area contributed by atoms with Crippen molar-refractivity contribution in [2.45, 2.75) is 32.4 Å². The number of ether oxygens (including phenoxy) is 2. The van der Waals surface area contributed by atoms with Crippen LogP contribution in [-0.2, 0) is 6.61 Å². The Hall–Kier alpha value is -3.54. The fourth-order valence-corrected chi connectivity index (χ4v) is 4.37. The zero-order valence-electron chi connectivity index (χ0n) is 19.5. The molecule has 1 fully saturated rings. The van der Waals surface area contributed by atoms with Crippen LogP contribution >= 0.6 is 23.2 Å². The lowest BCUT2D eigenvalue weighted by Crippen LogP contribution is -2.56. The molecule has 0 saturated carbocycles. The Morgan fingerprint density at radius 2 is 1.91 bits per heavy atom. The average molecular weight is 511 g/mol. The molecule has 10 heteroatoms. The quantitative estimate of drug-likeness (QED) is 0.329. The second-order valence-corrected chi connectivity index (χ2v) is 9.57. The number of halogens is 2. The van der Waals surface area contributed by atoms with Crippen LogP contribution < -0.4 is 20.1 Å². The lowest BCUT2D eigenvalue weighted by atomic mass is 9.88. The maximum atomic E-state index is 9.75. The Morgan fingerprint density at radius 3 is 2.49 bits per heavy atom. The number of aromatic nitrogens is 2. The molecule has 4 rings (SSSR count). The number of nitrogen functional groups attached to an aromatic ring is 1. The predicted octanol–water partition coefficient (Wildman–Crippen LogP) is 5.23. The summed E-state index contributed by atoms with van der Waals surface area (Å²) < 4.78 is 11.4. The van der Waals surface area contributed by atoms with Crippen molar-refractivity contribution in [3.05, 3.63) is 69.1 Å². The van der Waals surface area contributed by atoms with Gasteiger partial charge in [0, 0.05) is 59.1 Å². The molecule has 0 bridgehead atoms. The number of hydrogen-bond donors (Lipinski definition) is 2. The first-order valence-electron chi connectivity index (χ1n) is 10.8. The molecule has 0 aliphatic carbocycles. The second kappa shape index (κ2) is 9.61. The van der Waals surface area contributed by atoms with Gasteiger partial charge in [-0.05, 0) is 32.4 Å². The van der Waals surface area contributed by atoms with E-state index in [4.69, 9.17) is 43.8 Å². The van der Waals surface area contributed by atoms with Gasteiger partial charge in [0.25, 0.3) is 0 Å². The lowest BCUT2D eigenvalue weighted by Gasteiger charge is -2.49. The van der Waals surface area contributed by atoms with Gasteiger partial charge in [0.1, 0.15) is 18.5 Å². The van der Waals surface area contributed by atoms with Crippen LogP contribution in [0.3, 0.4) is 0 Å². The minimum Gasteiger partial charge on any atom is -0.493 e. The fraction of sp³-hybridized carbons (Fsp3) is 0.280. The highest BCUT2D eigenvalue weighted by atomic mass is 35.5. The molecule has 8 nitrogen and oxygen atoms in total. The zero-order valence-corrected chi connectivity index (χ0v) is 21.0. The summed E-state index contributed by atoms with van der Waals surface area (Å²) in [5.74, 6) is 1.38. The molecule has 0 unspecified atom stereocenters. The molecule has 3 aromatic rings. The van der Waals surface area contributed by atoms with E-state index in [1.165, 1.54) is 19.5 Å². The van der Waals surface area contributed by atoms with Gasteiger partial charge in [0.15, 0.2) is 11.5 Å². The van der Waals surface area contributed by atoms with Crippen molar-refractivity contribution in [2.24, 2.45) is 0 Å². The van der Waals surface area contributed by atoms with E-state index in [0.29, 0.717) is 55.3 Å². The Labute approximate surface area is 213 Å². The molecule has 3 N–H and O–H groups in total. The van der Waals surface area contributed by atoms with Crippen LogP contribution in [0.25, 0.3) is 0 Å². The molecule has 1 aliphatic rings. The number of nitriles is 1. The first-order chi connectivity index (χ1) is 16.7. The molecule has 0 spiro atoms. The molecule has 1 aromatic carbocycles. The van der Waals surface area contributed by atoms with Crippen LogP contribution in [0.5, 0.6) is 11.5 Å². The molecular formula is C25H24Cl2N6O2. The maximum Gasteiger partial charge on any atom is 0.162 e. The van der Waals surface area contributed by atoms with E-state index in [-0.39, 0.29) is 17.9 Å². The summed E-state index contributed by atoms with van der Waals surface area (Å²) in [4.78, 5) is 10.6. The number of nitrogens with two attached hydrogens (primary N) is 1. The van der Waals surface area contributed by atoms with Crippen LogP contribution in [-0.4, -0.2) is 34.9 Å². The van der Waals surface area contributed by atoms with E-state index >= 15 is 0 Å². The first kappa shape index (κ1) is 24.6. The van der Waals surface area contributed by atoms with Gasteiger partial charge >= 0.3 is 0 Å². The van der Waals surface area contributed by atoms with Crippen LogP contribution in [0, 0.1) is 16.7 Å². The van der Waals surface area contributed by atoms with Crippen molar-refractivity contribution in [3.63, 3.8) is 0 Å². The maximum absolute atomic E-state index is 9.75. The van der Waals surface area contributed by atoms with Gasteiger partial charge in [-0.1, -0.05) is 23.2 Å². The third-order valence-electron chi connectivity index (χ3n) is 6.14. The molecule has 0 radical (unpaired) electrons. The summed E-state index contributed by atoms with van der Waals surface area (Å²) in [6, 6.07) is 7.09. The highest BCUT2D eigenvalue weighted by Gasteiger charge is 2.38. The summed E-state index contributed by atoms with van der Waals surface area (Å²) >= 11 is 12.4. The van der Waals surface area contributed by atoms with Crippen molar-refractivity contribution >= 4 is 40.4 Å². The number of benzene rings is 1. The Morgan fingerprint density at radius 1 is 1.20 bits per heavy atom. The lowest BCUT2D eigenvalue weighted by molar-refractivity contribution is 0.284. The first-order valence-corrected chi connectivity index (χ1v) is 11.6. The van der Waals surface area contributed by atoms with Crippen molar-refractivity contribution in [3.8, 4) is 17.6 Å². The molecule has 2 aromatic heterocycles. The predicted molar refractivity (Wildman–Crippen MR) is 137 cm³/mol. The Kier molecular flexibility index (Phi) is 6.75. The van der Waals surface area contributed by atoms with Crippen LogP contribution in [0.15, 0.2) is 36.8 Å². The Balaban J connectivity index is 1.65. The van der Waals surface area contributed by atoms with Gasteiger partial charge in [0.05, 0.1) is 28.4 Å². The number of hydrogen-bond acceptors (Lipinski definition) is 8. The Bertz CT molecular complexity index is 1330. The number of nitrogens with zero attached hydrogens (tertiary/aromatic N) is 4. The van der Waals surface area contributed by atoms with Gasteiger partial charge in [-0.15, -0.1) is 0 Å². The monoisotopic (exact) mass is 510 g/mol. The summed E-state index contributed by atoms with van der Waals surface area (Å²) in [6.07, 6.45) is 5.59. The highest BCUT2D eigenvalue weighted by molar-refractivity contribution is 6.35. The molecule has 0 amide bonds. The van der Waals surface area contributed by atoms with Gasteiger partial charge in [-0.3, -0.25) is 10.4 Å². The van der Waals surface area contributed by atoms with E-state index < -0.39 is 0 Å². The summed E-state index contributed by atoms with van der Waals surface area (Å²) in [6.45, 7) is 5.12. The molecule has 1 aliphatic heterocycles. The molecule has 0 atom stereocenters. The van der Waals surface area contributed by atoms with Gasteiger partial charge in [0.2, 0.25) is 0 Å². The van der Waals surface area contributed by atoms with E-state index in [1.54, 1.807) is 24.4 Å². The normalized spacial score (nSPS) is 14.1. The fourth-order valence-electron chi connectivity index (χ4n) is 3.90. The van der Waals surface area contributed by atoms with E-state index in [2.05, 4.69) is 34.8 Å². The van der Waals surface area contributed by atoms with Gasteiger partial charge < -0.3 is 20.1 Å². The summed E-state index contributed by atoms with van der Waals surface area (Å²) in [5, 5.41) is 19.3. The smallest absolute Gasteiger partial charge is 0.162 e. The SMILES string of the molecule is COc1cc(N)c(C(=N)c2cnc(N3CCC3(C)C)c(C#N)c2)cc1OCc1c(Cl)cncc1Cl. The average Bonchev–Trinajstić information content (AvgIpc) is 2.83. The van der Waals surface area contributed by atoms with E-state index in [9.17, 15) is 5.26 Å². The molecule has 35 heavy (non-hydrogen) atoms. The van der Waals surface area contributed by atoms with E-state index in [1.807, 2.05) is 0 Å². The molecule has 3 heterocycles. The number of anilines is 2. The second-order valence-electron chi connectivity index (χ2n) is 8.76. The van der Waals surface area contributed by atoms with Crippen LogP contribution in [0.1, 0.15) is 42.5 Å². The molecule has 1 saturated heterocycles. The van der Waals surface area contributed by atoms with Crippen molar-refractivity contribution < 1.29 is 9.47 Å². The third kappa shape index (κ3) is 4.70. The minimum atomic E-state index is -0.0547. The van der Waals surface area contributed by atoms with Crippen molar-refractivity contribution in [1.82, 2.24) is 9.97 Å². The largest absolute Gasteiger partial charge is 0.493 e. The van der Waals surface area contributed by atoms with Crippen LogP contribution in [0.4, 0.5) is 11.5 Å². The van der Waals surface area contributed by atoms with Crippen LogP contribution in [0.2, 0.25) is 10.0 Å². The number of pyridine rings is 2. The minimum absolute atomic E-state index is 0.0547. The summed E-state index contributed by atoms with van der Waals surface area (Å²) in [7, 11) is 1.50. The third-order valence-corrected chi connectivity index (χ3v) is 6.79.